The lowest BCUT2D eigenvalue weighted by molar-refractivity contribution is -0.122. The van der Waals surface area contributed by atoms with E-state index in [1.54, 1.807) is 10.9 Å². The van der Waals surface area contributed by atoms with Crippen LogP contribution in [0.2, 0.25) is 0 Å². The lowest BCUT2D eigenvalue weighted by Crippen LogP contribution is -2.32. The van der Waals surface area contributed by atoms with Crippen LogP contribution in [-0.2, 0) is 17.9 Å². The summed E-state index contributed by atoms with van der Waals surface area (Å²) in [7, 11) is 0. The van der Waals surface area contributed by atoms with Crippen molar-refractivity contribution < 1.29 is 4.79 Å². The fourth-order valence-corrected chi connectivity index (χ4v) is 3.39. The normalized spacial score (nSPS) is 17.0. The second-order valence-corrected chi connectivity index (χ2v) is 6.71. The maximum Gasteiger partial charge on any atom is 0.242 e. The highest BCUT2D eigenvalue weighted by atomic mass is 16.2. The maximum atomic E-state index is 12.3. The SMILES string of the molecule is O=C(Cn1nccc1[C@@H]1CCCNC1)NCc1nc(-c2ccccc2)n[nH]1. The predicted octanol–water partition coefficient (Wildman–Crippen LogP) is 1.45. The molecule has 1 amide bonds. The molecule has 27 heavy (non-hydrogen) atoms. The van der Waals surface area contributed by atoms with Crippen molar-refractivity contribution >= 4 is 5.91 Å². The molecule has 140 valence electrons. The Bertz CT molecular complexity index is 880. The number of hydrogen-bond acceptors (Lipinski definition) is 5. The Morgan fingerprint density at radius 2 is 2.15 bits per heavy atom. The van der Waals surface area contributed by atoms with Crippen LogP contribution in [0.4, 0.5) is 0 Å². The van der Waals surface area contributed by atoms with E-state index in [1.807, 2.05) is 36.4 Å². The highest BCUT2D eigenvalue weighted by Crippen LogP contribution is 2.22. The quantitative estimate of drug-likeness (QED) is 0.614. The van der Waals surface area contributed by atoms with Crippen LogP contribution in [0.25, 0.3) is 11.4 Å². The van der Waals surface area contributed by atoms with Gasteiger partial charge < -0.3 is 10.6 Å². The molecule has 0 radical (unpaired) electrons. The zero-order valence-electron chi connectivity index (χ0n) is 15.1. The lowest BCUT2D eigenvalue weighted by Gasteiger charge is -2.23. The molecular weight excluding hydrogens is 342 g/mol. The van der Waals surface area contributed by atoms with E-state index in [0.29, 0.717) is 24.1 Å². The van der Waals surface area contributed by atoms with Gasteiger partial charge >= 0.3 is 0 Å². The van der Waals surface area contributed by atoms with Crippen LogP contribution < -0.4 is 10.6 Å². The van der Waals surface area contributed by atoms with Gasteiger partial charge in [-0.2, -0.15) is 10.2 Å². The number of nitrogens with zero attached hydrogens (tertiary/aromatic N) is 4. The van der Waals surface area contributed by atoms with Gasteiger partial charge in [-0.05, 0) is 25.5 Å². The Kier molecular flexibility index (Phi) is 5.24. The molecule has 8 heteroatoms. The lowest BCUT2D eigenvalue weighted by atomic mass is 9.96. The van der Waals surface area contributed by atoms with Crippen molar-refractivity contribution in [2.45, 2.75) is 31.8 Å². The van der Waals surface area contributed by atoms with E-state index in [-0.39, 0.29) is 12.5 Å². The number of nitrogens with one attached hydrogen (secondary N) is 3. The molecule has 1 fully saturated rings. The van der Waals surface area contributed by atoms with Gasteiger partial charge in [0.15, 0.2) is 5.82 Å². The van der Waals surface area contributed by atoms with Crippen LogP contribution >= 0.6 is 0 Å². The van der Waals surface area contributed by atoms with Gasteiger partial charge in [0.1, 0.15) is 12.4 Å². The smallest absolute Gasteiger partial charge is 0.242 e. The fraction of sp³-hybridized carbons (Fsp3) is 0.368. The number of carbonyl (C=O) groups excluding carboxylic acids is 1. The molecule has 0 bridgehead atoms. The van der Waals surface area contributed by atoms with E-state index in [2.05, 4.69) is 30.9 Å². The molecule has 1 aromatic carbocycles. The summed E-state index contributed by atoms with van der Waals surface area (Å²) in [6.45, 7) is 2.51. The molecule has 3 heterocycles. The second-order valence-electron chi connectivity index (χ2n) is 6.71. The third kappa shape index (κ3) is 4.22. The molecule has 0 spiro atoms. The molecule has 1 saturated heterocycles. The zero-order valence-corrected chi connectivity index (χ0v) is 15.1. The molecule has 1 atom stereocenters. The largest absolute Gasteiger partial charge is 0.347 e. The summed E-state index contributed by atoms with van der Waals surface area (Å²) in [5.74, 6) is 1.57. The summed E-state index contributed by atoms with van der Waals surface area (Å²) in [5, 5.41) is 17.7. The first-order valence-electron chi connectivity index (χ1n) is 9.25. The van der Waals surface area contributed by atoms with Crippen LogP contribution in [0.1, 0.15) is 30.3 Å². The standard InChI is InChI=1S/C19H23N7O/c27-18(13-26-16(8-10-22-26)15-7-4-9-20-11-15)21-12-17-23-19(25-24-17)14-5-2-1-3-6-14/h1-3,5-6,8,10,15,20H,4,7,9,11-13H2,(H,21,27)(H,23,24,25)/t15-/m1/s1. The first-order chi connectivity index (χ1) is 13.3. The molecule has 0 unspecified atom stereocenters. The molecule has 2 aromatic heterocycles. The van der Waals surface area contributed by atoms with Crippen molar-refractivity contribution in [3.05, 3.63) is 54.1 Å². The Morgan fingerprint density at radius 3 is 2.96 bits per heavy atom. The number of rotatable bonds is 6. The molecule has 4 rings (SSSR count). The van der Waals surface area contributed by atoms with E-state index in [9.17, 15) is 4.79 Å². The van der Waals surface area contributed by atoms with Gasteiger partial charge in [0.05, 0.1) is 6.54 Å². The molecule has 3 aromatic rings. The minimum atomic E-state index is -0.0959. The number of H-pyrrole nitrogens is 1. The first-order valence-corrected chi connectivity index (χ1v) is 9.25. The van der Waals surface area contributed by atoms with Crippen LogP contribution in [0.15, 0.2) is 42.6 Å². The molecule has 8 nitrogen and oxygen atoms in total. The van der Waals surface area contributed by atoms with Crippen molar-refractivity contribution in [3.8, 4) is 11.4 Å². The van der Waals surface area contributed by atoms with Crippen molar-refractivity contribution in [3.63, 3.8) is 0 Å². The summed E-state index contributed by atoms with van der Waals surface area (Å²) in [4.78, 5) is 16.8. The van der Waals surface area contributed by atoms with Crippen LogP contribution in [0.5, 0.6) is 0 Å². The van der Waals surface area contributed by atoms with Gasteiger partial charge in [-0.3, -0.25) is 14.6 Å². The van der Waals surface area contributed by atoms with Crippen molar-refractivity contribution in [1.82, 2.24) is 35.6 Å². The number of benzene rings is 1. The number of amides is 1. The minimum absolute atomic E-state index is 0.0959. The zero-order chi connectivity index (χ0) is 18.5. The molecule has 3 N–H and O–H groups in total. The summed E-state index contributed by atoms with van der Waals surface area (Å²) >= 11 is 0. The van der Waals surface area contributed by atoms with Gasteiger partial charge in [0.2, 0.25) is 5.91 Å². The van der Waals surface area contributed by atoms with Gasteiger partial charge in [-0.1, -0.05) is 30.3 Å². The van der Waals surface area contributed by atoms with Crippen LogP contribution in [0, 0.1) is 0 Å². The Morgan fingerprint density at radius 1 is 1.26 bits per heavy atom. The van der Waals surface area contributed by atoms with E-state index in [4.69, 9.17) is 0 Å². The van der Waals surface area contributed by atoms with Crippen molar-refractivity contribution in [2.24, 2.45) is 0 Å². The predicted molar refractivity (Wildman–Crippen MR) is 101 cm³/mol. The van der Waals surface area contributed by atoms with Crippen LogP contribution in [0.3, 0.4) is 0 Å². The van der Waals surface area contributed by atoms with Crippen molar-refractivity contribution in [1.29, 1.82) is 0 Å². The van der Waals surface area contributed by atoms with Gasteiger partial charge in [0.25, 0.3) is 0 Å². The number of piperidine rings is 1. The number of aromatic nitrogens is 5. The molecule has 1 aliphatic rings. The van der Waals surface area contributed by atoms with Crippen molar-refractivity contribution in [2.75, 3.05) is 13.1 Å². The van der Waals surface area contributed by atoms with Gasteiger partial charge in [0, 0.05) is 29.9 Å². The minimum Gasteiger partial charge on any atom is -0.347 e. The Labute approximate surface area is 157 Å². The average Bonchev–Trinajstić information content (AvgIpc) is 3.37. The number of aromatic amines is 1. The molecule has 0 aliphatic carbocycles. The average molecular weight is 365 g/mol. The van der Waals surface area contributed by atoms with Crippen LogP contribution in [-0.4, -0.2) is 44.0 Å². The van der Waals surface area contributed by atoms with E-state index >= 15 is 0 Å². The molecule has 1 aliphatic heterocycles. The van der Waals surface area contributed by atoms with E-state index in [1.165, 1.54) is 0 Å². The monoisotopic (exact) mass is 365 g/mol. The third-order valence-corrected chi connectivity index (χ3v) is 4.77. The van der Waals surface area contributed by atoms with E-state index in [0.717, 1.165) is 37.2 Å². The number of carbonyl (C=O) groups is 1. The highest BCUT2D eigenvalue weighted by Gasteiger charge is 2.20. The topological polar surface area (TPSA) is 101 Å². The summed E-state index contributed by atoms with van der Waals surface area (Å²) in [6, 6.07) is 11.7. The highest BCUT2D eigenvalue weighted by molar-refractivity contribution is 5.75. The summed E-state index contributed by atoms with van der Waals surface area (Å²) in [5.41, 5.74) is 2.05. The molecular formula is C19H23N7O. The second kappa shape index (κ2) is 8.13. The van der Waals surface area contributed by atoms with Gasteiger partial charge in [-0.15, -0.1) is 0 Å². The fourth-order valence-electron chi connectivity index (χ4n) is 3.39. The maximum absolute atomic E-state index is 12.3. The Hall–Kier alpha value is -3.00. The summed E-state index contributed by atoms with van der Waals surface area (Å²) in [6.07, 6.45) is 4.04. The number of hydrogen-bond donors (Lipinski definition) is 3. The van der Waals surface area contributed by atoms with E-state index < -0.39 is 0 Å². The summed E-state index contributed by atoms with van der Waals surface area (Å²) < 4.78 is 1.79. The first kappa shape index (κ1) is 17.4. The molecule has 0 saturated carbocycles. The third-order valence-electron chi connectivity index (χ3n) is 4.77. The van der Waals surface area contributed by atoms with Gasteiger partial charge in [-0.25, -0.2) is 4.98 Å². The Balaban J connectivity index is 1.33.